The first-order valence-electron chi connectivity index (χ1n) is 7.17. The van der Waals surface area contributed by atoms with Crippen molar-refractivity contribution < 1.29 is 9.13 Å². The average Bonchev–Trinajstić information content (AvgIpc) is 2.52. The fraction of sp³-hybridized carbons (Fsp3) is 0.294. The third-order valence-electron chi connectivity index (χ3n) is 3.96. The number of ether oxygens (including phenoxy) is 1. The van der Waals surface area contributed by atoms with E-state index in [1.165, 1.54) is 11.6 Å². The highest BCUT2D eigenvalue weighted by atomic mass is 19.1. The quantitative estimate of drug-likeness (QED) is 0.673. The minimum Gasteiger partial charge on any atom is -0.493 e. The van der Waals surface area contributed by atoms with Crippen molar-refractivity contribution in [2.45, 2.75) is 25.8 Å². The van der Waals surface area contributed by atoms with Gasteiger partial charge in [-0.05, 0) is 42.5 Å². The first kappa shape index (κ1) is 14.0. The summed E-state index contributed by atoms with van der Waals surface area (Å²) in [6.45, 7) is 2.48. The van der Waals surface area contributed by atoms with Crippen LogP contribution in [0.4, 0.5) is 4.39 Å². The summed E-state index contributed by atoms with van der Waals surface area (Å²) in [6.07, 6.45) is 2.05. The lowest BCUT2D eigenvalue weighted by Crippen LogP contribution is -2.30. The second kappa shape index (κ2) is 5.84. The molecule has 2 aromatic carbocycles. The summed E-state index contributed by atoms with van der Waals surface area (Å²) in [5, 5.41) is 0. The van der Waals surface area contributed by atoms with Crippen molar-refractivity contribution in [1.29, 1.82) is 0 Å². The topological polar surface area (TPSA) is 47.3 Å². The summed E-state index contributed by atoms with van der Waals surface area (Å²) in [4.78, 5) is 0. The smallest absolute Gasteiger partial charge is 0.127 e. The molecule has 0 radical (unpaired) electrons. The molecule has 3 N–H and O–H groups in total. The van der Waals surface area contributed by atoms with E-state index in [-0.39, 0.29) is 11.9 Å². The fourth-order valence-electron chi connectivity index (χ4n) is 2.85. The van der Waals surface area contributed by atoms with Gasteiger partial charge in [0, 0.05) is 5.56 Å². The number of aryl methyl sites for hydroxylation is 2. The van der Waals surface area contributed by atoms with E-state index < -0.39 is 0 Å². The summed E-state index contributed by atoms with van der Waals surface area (Å²) < 4.78 is 19.3. The molecule has 0 amide bonds. The van der Waals surface area contributed by atoms with E-state index in [9.17, 15) is 4.39 Å². The molecule has 0 saturated carbocycles. The van der Waals surface area contributed by atoms with Crippen LogP contribution in [0.5, 0.6) is 5.75 Å². The molecule has 4 heteroatoms. The van der Waals surface area contributed by atoms with E-state index in [4.69, 9.17) is 10.6 Å². The lowest BCUT2D eigenvalue weighted by Gasteiger charge is -2.25. The summed E-state index contributed by atoms with van der Waals surface area (Å²) in [5.41, 5.74) is 6.58. The molecule has 0 aliphatic carbocycles. The van der Waals surface area contributed by atoms with Gasteiger partial charge in [-0.3, -0.25) is 5.84 Å². The Hall–Kier alpha value is -1.91. The molecule has 0 saturated heterocycles. The second-order valence-electron chi connectivity index (χ2n) is 5.40. The van der Waals surface area contributed by atoms with E-state index in [2.05, 4.69) is 11.5 Å². The molecule has 3 nitrogen and oxygen atoms in total. The minimum absolute atomic E-state index is 0.208. The molecule has 21 heavy (non-hydrogen) atoms. The maximum Gasteiger partial charge on any atom is 0.127 e. The predicted molar refractivity (Wildman–Crippen MR) is 80.6 cm³/mol. The second-order valence-corrected chi connectivity index (χ2v) is 5.40. The number of fused-ring (bicyclic) bond motifs is 1. The highest BCUT2D eigenvalue weighted by molar-refractivity contribution is 5.48. The van der Waals surface area contributed by atoms with Gasteiger partial charge in [-0.1, -0.05) is 30.3 Å². The van der Waals surface area contributed by atoms with Crippen LogP contribution in [0.25, 0.3) is 0 Å². The number of nitrogens with two attached hydrogens (primary N) is 1. The van der Waals surface area contributed by atoms with Gasteiger partial charge in [0.15, 0.2) is 0 Å². The van der Waals surface area contributed by atoms with E-state index in [1.807, 2.05) is 18.2 Å². The maximum atomic E-state index is 13.5. The molecule has 0 bridgehead atoms. The zero-order valence-corrected chi connectivity index (χ0v) is 12.0. The molecular formula is C17H19FN2O. The van der Waals surface area contributed by atoms with Gasteiger partial charge in [0.25, 0.3) is 0 Å². The van der Waals surface area contributed by atoms with Gasteiger partial charge in [-0.25, -0.2) is 9.82 Å². The van der Waals surface area contributed by atoms with Crippen molar-refractivity contribution in [2.24, 2.45) is 5.84 Å². The molecule has 0 spiro atoms. The van der Waals surface area contributed by atoms with Gasteiger partial charge < -0.3 is 4.74 Å². The third-order valence-corrected chi connectivity index (χ3v) is 3.96. The highest BCUT2D eigenvalue weighted by Crippen LogP contribution is 2.35. The van der Waals surface area contributed by atoms with Crippen molar-refractivity contribution >= 4 is 0 Å². The Morgan fingerprint density at radius 3 is 2.90 bits per heavy atom. The third kappa shape index (κ3) is 2.64. The van der Waals surface area contributed by atoms with Gasteiger partial charge in [0.05, 0.1) is 12.6 Å². The van der Waals surface area contributed by atoms with E-state index >= 15 is 0 Å². The Morgan fingerprint density at radius 2 is 2.14 bits per heavy atom. The zero-order chi connectivity index (χ0) is 14.8. The average molecular weight is 286 g/mol. The number of hydrogen-bond donors (Lipinski definition) is 2. The van der Waals surface area contributed by atoms with Crippen molar-refractivity contribution in [3.05, 3.63) is 64.5 Å². The van der Waals surface area contributed by atoms with Crippen LogP contribution in [0, 0.1) is 12.7 Å². The van der Waals surface area contributed by atoms with E-state index in [0.29, 0.717) is 5.56 Å². The summed E-state index contributed by atoms with van der Waals surface area (Å²) in [7, 11) is 0. The first-order valence-corrected chi connectivity index (χ1v) is 7.17. The van der Waals surface area contributed by atoms with Gasteiger partial charge in [-0.15, -0.1) is 0 Å². The molecule has 1 unspecified atom stereocenters. The van der Waals surface area contributed by atoms with Gasteiger partial charge in [0.2, 0.25) is 0 Å². The number of para-hydroxylation sites is 1. The SMILES string of the molecule is Cc1cc(C(NN)c2cccc3c2OCCC3)ccc1F. The van der Waals surface area contributed by atoms with Crippen molar-refractivity contribution in [2.75, 3.05) is 6.61 Å². The zero-order valence-electron chi connectivity index (χ0n) is 12.0. The predicted octanol–water partition coefficient (Wildman–Crippen LogP) is 3.01. The maximum absolute atomic E-state index is 13.5. The number of benzene rings is 2. The Bertz CT molecular complexity index is 657. The van der Waals surface area contributed by atoms with Crippen molar-refractivity contribution in [3.63, 3.8) is 0 Å². The minimum atomic E-state index is -0.211. The molecule has 1 aliphatic heterocycles. The molecule has 3 rings (SSSR count). The molecule has 1 atom stereocenters. The van der Waals surface area contributed by atoms with E-state index in [1.54, 1.807) is 13.0 Å². The van der Waals surface area contributed by atoms with Gasteiger partial charge >= 0.3 is 0 Å². The van der Waals surface area contributed by atoms with Gasteiger partial charge in [0.1, 0.15) is 11.6 Å². The molecular weight excluding hydrogens is 267 g/mol. The normalized spacial score (nSPS) is 15.2. The van der Waals surface area contributed by atoms with Crippen LogP contribution in [0.1, 0.15) is 34.7 Å². The van der Waals surface area contributed by atoms with Crippen LogP contribution < -0.4 is 16.0 Å². The molecule has 0 aromatic heterocycles. The number of rotatable bonds is 3. The van der Waals surface area contributed by atoms with Crippen molar-refractivity contribution in [1.82, 2.24) is 5.43 Å². The number of hydrazine groups is 1. The largest absolute Gasteiger partial charge is 0.493 e. The van der Waals surface area contributed by atoms with Crippen LogP contribution in [0.15, 0.2) is 36.4 Å². The molecule has 110 valence electrons. The Labute approximate surface area is 123 Å². The van der Waals surface area contributed by atoms with Crippen LogP contribution >= 0.6 is 0 Å². The standard InChI is InChI=1S/C17H19FN2O/c1-11-10-13(7-8-15(11)18)16(20-19)14-6-2-4-12-5-3-9-21-17(12)14/h2,4,6-8,10,16,20H,3,5,9,19H2,1H3. The summed E-state index contributed by atoms with van der Waals surface area (Å²) in [6, 6.07) is 11.0. The van der Waals surface area contributed by atoms with Crippen LogP contribution in [0.2, 0.25) is 0 Å². The molecule has 1 heterocycles. The Kier molecular flexibility index (Phi) is 3.90. The van der Waals surface area contributed by atoms with Gasteiger partial charge in [-0.2, -0.15) is 0 Å². The lowest BCUT2D eigenvalue weighted by molar-refractivity contribution is 0.283. The molecule has 1 aliphatic rings. The van der Waals surface area contributed by atoms with Crippen LogP contribution in [-0.2, 0) is 6.42 Å². The summed E-state index contributed by atoms with van der Waals surface area (Å²) >= 11 is 0. The monoisotopic (exact) mass is 286 g/mol. The number of nitrogens with one attached hydrogen (secondary N) is 1. The number of hydrogen-bond acceptors (Lipinski definition) is 3. The first-order chi connectivity index (χ1) is 10.2. The summed E-state index contributed by atoms with van der Waals surface area (Å²) in [5.74, 6) is 6.46. The van der Waals surface area contributed by atoms with E-state index in [0.717, 1.165) is 36.3 Å². The highest BCUT2D eigenvalue weighted by Gasteiger charge is 2.22. The lowest BCUT2D eigenvalue weighted by atomic mass is 9.93. The Morgan fingerprint density at radius 1 is 1.29 bits per heavy atom. The van der Waals surface area contributed by atoms with Crippen LogP contribution in [0.3, 0.4) is 0 Å². The number of halogens is 1. The molecule has 0 fully saturated rings. The van der Waals surface area contributed by atoms with Crippen LogP contribution in [-0.4, -0.2) is 6.61 Å². The fourth-order valence-corrected chi connectivity index (χ4v) is 2.85. The van der Waals surface area contributed by atoms with Crippen molar-refractivity contribution in [3.8, 4) is 5.75 Å². The molecule has 2 aromatic rings. The Balaban J connectivity index is 2.06.